The second kappa shape index (κ2) is 5.05. The number of carbonyl (C=O) groups is 1. The van der Waals surface area contributed by atoms with Gasteiger partial charge in [-0.15, -0.1) is 0 Å². The molecule has 0 radical (unpaired) electrons. The summed E-state index contributed by atoms with van der Waals surface area (Å²) in [7, 11) is 1.29. The fraction of sp³-hybridized carbons (Fsp3) is 0.167. The third-order valence-corrected chi connectivity index (χ3v) is 3.24. The molecule has 0 spiro atoms. The maximum atomic E-state index is 11.7. The maximum Gasteiger partial charge on any atom is 0.325 e. The quantitative estimate of drug-likeness (QED) is 0.670. The Morgan fingerprint density at radius 3 is 2.94 bits per heavy atom. The van der Waals surface area contributed by atoms with Crippen LogP contribution in [0.3, 0.4) is 0 Å². The van der Waals surface area contributed by atoms with E-state index >= 15 is 0 Å². The van der Waals surface area contributed by atoms with Gasteiger partial charge in [-0.25, -0.2) is 0 Å². The minimum absolute atomic E-state index is 0.0943. The van der Waals surface area contributed by atoms with Crippen LogP contribution in [0.2, 0.25) is 0 Å². The number of benzene rings is 1. The Hall–Kier alpha value is -2.08. The van der Waals surface area contributed by atoms with Gasteiger partial charge in [0.15, 0.2) is 0 Å². The van der Waals surface area contributed by atoms with Crippen molar-refractivity contribution >= 4 is 23.0 Å². The molecule has 2 N–H and O–H groups in total. The summed E-state index contributed by atoms with van der Waals surface area (Å²) < 4.78 is 5.95. The molecule has 2 rings (SSSR count). The third-order valence-electron chi connectivity index (χ3n) is 2.48. The number of ether oxygens (including phenoxy) is 1. The Balaban J connectivity index is 2.46. The summed E-state index contributed by atoms with van der Waals surface area (Å²) in [4.78, 5) is 22.8. The lowest BCUT2D eigenvalue weighted by Gasteiger charge is -2.06. The molecule has 2 aromatic rings. The van der Waals surface area contributed by atoms with Crippen molar-refractivity contribution in [2.75, 3.05) is 12.8 Å². The lowest BCUT2D eigenvalue weighted by Crippen LogP contribution is -2.21. The van der Waals surface area contributed by atoms with E-state index in [1.807, 2.05) is 6.07 Å². The van der Waals surface area contributed by atoms with Gasteiger partial charge in [-0.05, 0) is 12.1 Å². The Morgan fingerprint density at radius 2 is 2.28 bits per heavy atom. The third kappa shape index (κ3) is 2.43. The minimum atomic E-state index is -0.458. The Morgan fingerprint density at radius 1 is 1.50 bits per heavy atom. The van der Waals surface area contributed by atoms with Crippen LogP contribution in [0.5, 0.6) is 0 Å². The van der Waals surface area contributed by atoms with Crippen LogP contribution in [0, 0.1) is 0 Å². The summed E-state index contributed by atoms with van der Waals surface area (Å²) >= 11 is 1.04. The Kier molecular flexibility index (Phi) is 3.47. The number of nitrogens with two attached hydrogens (primary N) is 1. The lowest BCUT2D eigenvalue weighted by atomic mass is 10.1. The number of nitrogens with zero attached hydrogens (tertiary/aromatic N) is 1. The summed E-state index contributed by atoms with van der Waals surface area (Å²) in [5, 5.41) is 1.71. The van der Waals surface area contributed by atoms with E-state index in [-0.39, 0.29) is 11.4 Å². The van der Waals surface area contributed by atoms with E-state index in [0.717, 1.165) is 16.9 Å². The van der Waals surface area contributed by atoms with Gasteiger partial charge in [-0.1, -0.05) is 23.5 Å². The molecule has 18 heavy (non-hydrogen) atoms. The molecule has 0 saturated carbocycles. The molecule has 0 bridgehead atoms. The molecule has 94 valence electrons. The highest BCUT2D eigenvalue weighted by atomic mass is 32.1. The topological polar surface area (TPSA) is 74.3 Å². The summed E-state index contributed by atoms with van der Waals surface area (Å²) in [5.74, 6) is -0.458. The van der Waals surface area contributed by atoms with Gasteiger partial charge < -0.3 is 10.5 Å². The molecule has 0 atom stereocenters. The number of hydrogen-bond donors (Lipinski definition) is 1. The van der Waals surface area contributed by atoms with Gasteiger partial charge in [0, 0.05) is 16.6 Å². The van der Waals surface area contributed by atoms with Crippen LogP contribution in [-0.4, -0.2) is 17.6 Å². The summed E-state index contributed by atoms with van der Waals surface area (Å²) in [6.07, 6.45) is 0. The number of nitrogen functional groups attached to an aromatic ring is 1. The van der Waals surface area contributed by atoms with Gasteiger partial charge in [0.25, 0.3) is 0 Å². The predicted octanol–water partition coefficient (Wildman–Crippen LogP) is 1.33. The number of hydrogen-bond acceptors (Lipinski definition) is 5. The zero-order valence-corrected chi connectivity index (χ0v) is 10.6. The fourth-order valence-corrected chi connectivity index (χ4v) is 2.36. The summed E-state index contributed by atoms with van der Waals surface area (Å²) in [6, 6.07) is 7.16. The Bertz CT molecular complexity index is 630. The van der Waals surface area contributed by atoms with Crippen molar-refractivity contribution in [1.82, 2.24) is 4.57 Å². The zero-order chi connectivity index (χ0) is 13.1. The standard InChI is InChI=1S/C12H12N2O3S/c1-17-11(15)6-14-10(7-18-12(14)16)8-3-2-4-9(13)5-8/h2-5,7H,6,13H2,1H3. The van der Waals surface area contributed by atoms with E-state index in [9.17, 15) is 9.59 Å². The molecule has 0 aliphatic carbocycles. The smallest absolute Gasteiger partial charge is 0.325 e. The largest absolute Gasteiger partial charge is 0.468 e. The maximum absolute atomic E-state index is 11.7. The van der Waals surface area contributed by atoms with Gasteiger partial charge in [-0.2, -0.15) is 0 Å². The van der Waals surface area contributed by atoms with Crippen LogP contribution in [0.1, 0.15) is 0 Å². The van der Waals surface area contributed by atoms with Gasteiger partial charge >= 0.3 is 10.8 Å². The molecule has 0 aliphatic rings. The molecular formula is C12H12N2O3S. The van der Waals surface area contributed by atoms with Crippen LogP contribution in [0.4, 0.5) is 5.69 Å². The van der Waals surface area contributed by atoms with E-state index in [4.69, 9.17) is 5.73 Å². The molecule has 1 aromatic carbocycles. The minimum Gasteiger partial charge on any atom is -0.468 e. The van der Waals surface area contributed by atoms with E-state index < -0.39 is 5.97 Å². The number of methoxy groups -OCH3 is 1. The van der Waals surface area contributed by atoms with Crippen molar-refractivity contribution in [3.8, 4) is 11.3 Å². The number of carbonyl (C=O) groups excluding carboxylic acids is 1. The number of anilines is 1. The van der Waals surface area contributed by atoms with Crippen molar-refractivity contribution in [1.29, 1.82) is 0 Å². The first-order valence-corrected chi connectivity index (χ1v) is 6.11. The van der Waals surface area contributed by atoms with Crippen molar-refractivity contribution < 1.29 is 9.53 Å². The first kappa shape index (κ1) is 12.4. The first-order valence-electron chi connectivity index (χ1n) is 5.23. The number of esters is 1. The second-order valence-corrected chi connectivity index (χ2v) is 4.50. The van der Waals surface area contributed by atoms with E-state index in [2.05, 4.69) is 4.74 Å². The van der Waals surface area contributed by atoms with Gasteiger partial charge in [-0.3, -0.25) is 14.2 Å². The lowest BCUT2D eigenvalue weighted by molar-refractivity contribution is -0.141. The van der Waals surface area contributed by atoms with Gasteiger partial charge in [0.1, 0.15) is 6.54 Å². The molecule has 6 heteroatoms. The van der Waals surface area contributed by atoms with Crippen molar-refractivity contribution in [3.63, 3.8) is 0 Å². The number of rotatable bonds is 3. The van der Waals surface area contributed by atoms with Crippen LogP contribution in [0.25, 0.3) is 11.3 Å². The van der Waals surface area contributed by atoms with Gasteiger partial charge in [0.05, 0.1) is 12.8 Å². The molecule has 1 aromatic heterocycles. The van der Waals surface area contributed by atoms with Crippen molar-refractivity contribution in [3.05, 3.63) is 39.3 Å². The number of aromatic nitrogens is 1. The molecule has 0 unspecified atom stereocenters. The van der Waals surface area contributed by atoms with Crippen LogP contribution < -0.4 is 10.6 Å². The summed E-state index contributed by atoms with van der Waals surface area (Å²) in [6.45, 7) is -0.0943. The summed E-state index contributed by atoms with van der Waals surface area (Å²) in [5.41, 5.74) is 7.78. The Labute approximate surface area is 107 Å². The molecular weight excluding hydrogens is 252 g/mol. The highest BCUT2D eigenvalue weighted by Crippen LogP contribution is 2.22. The predicted molar refractivity (Wildman–Crippen MR) is 70.4 cm³/mol. The van der Waals surface area contributed by atoms with Crippen LogP contribution in [0.15, 0.2) is 34.4 Å². The van der Waals surface area contributed by atoms with Gasteiger partial charge in [0.2, 0.25) is 0 Å². The van der Waals surface area contributed by atoms with Crippen LogP contribution >= 0.6 is 11.3 Å². The monoisotopic (exact) mass is 264 g/mol. The molecule has 1 heterocycles. The average Bonchev–Trinajstić information content (AvgIpc) is 2.71. The first-order chi connectivity index (χ1) is 8.61. The van der Waals surface area contributed by atoms with Crippen molar-refractivity contribution in [2.24, 2.45) is 0 Å². The zero-order valence-electron chi connectivity index (χ0n) is 9.75. The van der Waals surface area contributed by atoms with Crippen molar-refractivity contribution in [2.45, 2.75) is 6.54 Å². The van der Waals surface area contributed by atoms with E-state index in [0.29, 0.717) is 11.4 Å². The molecule has 5 nitrogen and oxygen atoms in total. The highest BCUT2D eigenvalue weighted by molar-refractivity contribution is 7.07. The molecule has 0 amide bonds. The normalized spacial score (nSPS) is 10.3. The second-order valence-electron chi connectivity index (χ2n) is 3.67. The average molecular weight is 264 g/mol. The molecule has 0 saturated heterocycles. The molecule has 0 aliphatic heterocycles. The highest BCUT2D eigenvalue weighted by Gasteiger charge is 2.12. The van der Waals surface area contributed by atoms with E-state index in [1.54, 1.807) is 23.6 Å². The molecule has 0 fully saturated rings. The SMILES string of the molecule is COC(=O)Cn1c(-c2cccc(N)c2)csc1=O. The fourth-order valence-electron chi connectivity index (χ4n) is 1.60. The van der Waals surface area contributed by atoms with Crippen LogP contribution in [-0.2, 0) is 16.1 Å². The van der Waals surface area contributed by atoms with E-state index in [1.165, 1.54) is 11.7 Å². The number of thiazole rings is 1.